The van der Waals surface area contributed by atoms with Gasteiger partial charge < -0.3 is 20.9 Å². The molecule has 0 aliphatic heterocycles. The van der Waals surface area contributed by atoms with Crippen LogP contribution in [0.25, 0.3) is 11.3 Å². The molecule has 0 aliphatic carbocycles. The van der Waals surface area contributed by atoms with Crippen molar-refractivity contribution in [3.05, 3.63) is 30.4 Å². The molecule has 2 rings (SSSR count). The van der Waals surface area contributed by atoms with Crippen LogP contribution in [0, 0.1) is 0 Å². The van der Waals surface area contributed by atoms with Crippen molar-refractivity contribution in [2.75, 3.05) is 25.5 Å². The van der Waals surface area contributed by atoms with E-state index < -0.39 is 0 Å². The number of aromatic nitrogens is 3. The predicted octanol–water partition coefficient (Wildman–Crippen LogP) is 1.54. The zero-order valence-corrected chi connectivity index (χ0v) is 13.0. The second kappa shape index (κ2) is 7.58. The molecule has 0 aromatic carbocycles. The first-order chi connectivity index (χ1) is 10.2. The lowest BCUT2D eigenvalue weighted by Crippen LogP contribution is -2.33. The van der Waals surface area contributed by atoms with Crippen molar-refractivity contribution in [1.29, 1.82) is 0 Å². The summed E-state index contributed by atoms with van der Waals surface area (Å²) >= 11 is 5.02. The summed E-state index contributed by atoms with van der Waals surface area (Å²) in [6.45, 7) is 3.64. The van der Waals surface area contributed by atoms with Gasteiger partial charge in [0, 0.05) is 38.3 Å². The second-order valence-corrected chi connectivity index (χ2v) is 4.87. The van der Waals surface area contributed by atoms with Gasteiger partial charge in [0.05, 0.1) is 11.9 Å². The Kier molecular flexibility index (Phi) is 5.51. The van der Waals surface area contributed by atoms with E-state index in [0.717, 1.165) is 42.4 Å². The first-order valence-electron chi connectivity index (χ1n) is 6.92. The molecular formula is C14H20N6S. The van der Waals surface area contributed by atoms with Crippen molar-refractivity contribution in [1.82, 2.24) is 25.6 Å². The molecule has 0 unspecified atom stereocenters. The van der Waals surface area contributed by atoms with Crippen LogP contribution in [0.4, 0.5) is 5.82 Å². The van der Waals surface area contributed by atoms with Gasteiger partial charge in [-0.15, -0.1) is 0 Å². The quantitative estimate of drug-likeness (QED) is 0.607. The van der Waals surface area contributed by atoms with Crippen LogP contribution in [0.5, 0.6) is 0 Å². The molecule has 0 saturated heterocycles. The Morgan fingerprint density at radius 3 is 3.00 bits per heavy atom. The maximum absolute atomic E-state index is 5.02. The van der Waals surface area contributed by atoms with E-state index >= 15 is 0 Å². The number of nitrogens with one attached hydrogen (secondary N) is 4. The second-order valence-electron chi connectivity index (χ2n) is 4.46. The standard InChI is InChI=1S/C14H20N6S/c1-3-16-13-8-10(4-6-17-13)11-9-19-12(20-11)5-7-18-14(21)15-2/h4,6,8-9H,3,5,7H2,1-2H3,(H,16,17)(H,19,20)(H2,15,18,21). The van der Waals surface area contributed by atoms with Crippen molar-refractivity contribution < 1.29 is 0 Å². The highest BCUT2D eigenvalue weighted by molar-refractivity contribution is 7.80. The van der Waals surface area contributed by atoms with Crippen LogP contribution >= 0.6 is 12.2 Å². The highest BCUT2D eigenvalue weighted by Crippen LogP contribution is 2.19. The number of pyridine rings is 1. The summed E-state index contributed by atoms with van der Waals surface area (Å²) in [5, 5.41) is 9.82. The molecule has 2 aromatic heterocycles. The molecule has 0 aliphatic rings. The van der Waals surface area contributed by atoms with Crippen LogP contribution in [0.2, 0.25) is 0 Å². The minimum Gasteiger partial charge on any atom is -0.370 e. The normalized spacial score (nSPS) is 10.2. The lowest BCUT2D eigenvalue weighted by Gasteiger charge is -2.05. The number of hydrogen-bond acceptors (Lipinski definition) is 4. The van der Waals surface area contributed by atoms with E-state index in [4.69, 9.17) is 12.2 Å². The number of H-pyrrole nitrogens is 1. The number of aromatic amines is 1. The van der Waals surface area contributed by atoms with Gasteiger partial charge in [0.2, 0.25) is 0 Å². The fourth-order valence-electron chi connectivity index (χ4n) is 1.89. The molecule has 0 radical (unpaired) electrons. The minimum atomic E-state index is 0.645. The minimum absolute atomic E-state index is 0.645. The zero-order valence-electron chi connectivity index (χ0n) is 12.2. The van der Waals surface area contributed by atoms with E-state index in [0.29, 0.717) is 5.11 Å². The van der Waals surface area contributed by atoms with E-state index in [1.54, 1.807) is 13.2 Å². The summed E-state index contributed by atoms with van der Waals surface area (Å²) in [4.78, 5) is 12.0. The van der Waals surface area contributed by atoms with Gasteiger partial charge in [-0.05, 0) is 31.3 Å². The molecule has 2 aromatic rings. The van der Waals surface area contributed by atoms with E-state index in [1.165, 1.54) is 0 Å². The van der Waals surface area contributed by atoms with Gasteiger partial charge in [0.25, 0.3) is 0 Å². The third-order valence-electron chi connectivity index (χ3n) is 2.93. The molecule has 0 atom stereocenters. The van der Waals surface area contributed by atoms with Crippen molar-refractivity contribution >= 4 is 23.1 Å². The molecule has 0 saturated carbocycles. The highest BCUT2D eigenvalue weighted by atomic mass is 32.1. The van der Waals surface area contributed by atoms with E-state index in [2.05, 4.69) is 30.9 Å². The van der Waals surface area contributed by atoms with Gasteiger partial charge in [-0.25, -0.2) is 9.97 Å². The van der Waals surface area contributed by atoms with Crippen LogP contribution in [0.1, 0.15) is 12.7 Å². The van der Waals surface area contributed by atoms with Crippen LogP contribution in [-0.2, 0) is 6.42 Å². The number of nitrogens with zero attached hydrogens (tertiary/aromatic N) is 2. The molecular weight excluding hydrogens is 284 g/mol. The third-order valence-corrected chi connectivity index (χ3v) is 3.28. The summed E-state index contributed by atoms with van der Waals surface area (Å²) in [5.41, 5.74) is 2.06. The fourth-order valence-corrected chi connectivity index (χ4v) is 2.00. The Morgan fingerprint density at radius 1 is 1.38 bits per heavy atom. The van der Waals surface area contributed by atoms with Crippen LogP contribution in [0.3, 0.4) is 0 Å². The van der Waals surface area contributed by atoms with E-state index in [9.17, 15) is 0 Å². The summed E-state index contributed by atoms with van der Waals surface area (Å²) in [6, 6.07) is 3.97. The van der Waals surface area contributed by atoms with Gasteiger partial charge in [-0.2, -0.15) is 0 Å². The van der Waals surface area contributed by atoms with Gasteiger partial charge in [-0.1, -0.05) is 0 Å². The SMILES string of the molecule is CCNc1cc(-c2cnc(CCNC(=S)NC)[nH]2)ccn1. The number of hydrogen-bond donors (Lipinski definition) is 4. The van der Waals surface area contributed by atoms with Gasteiger partial charge in [0.1, 0.15) is 11.6 Å². The first-order valence-corrected chi connectivity index (χ1v) is 7.33. The molecule has 6 nitrogen and oxygen atoms in total. The maximum Gasteiger partial charge on any atom is 0.166 e. The predicted molar refractivity (Wildman–Crippen MR) is 89.3 cm³/mol. The Labute approximate surface area is 129 Å². The number of imidazole rings is 1. The van der Waals surface area contributed by atoms with Gasteiger partial charge in [-0.3, -0.25) is 0 Å². The highest BCUT2D eigenvalue weighted by Gasteiger charge is 2.05. The monoisotopic (exact) mass is 304 g/mol. The Morgan fingerprint density at radius 2 is 2.24 bits per heavy atom. The van der Waals surface area contributed by atoms with Crippen LogP contribution < -0.4 is 16.0 Å². The zero-order chi connectivity index (χ0) is 15.1. The summed E-state index contributed by atoms with van der Waals surface area (Å²) < 4.78 is 0. The van der Waals surface area contributed by atoms with Crippen molar-refractivity contribution in [3.8, 4) is 11.3 Å². The lowest BCUT2D eigenvalue weighted by molar-refractivity contribution is 0.814. The Balaban J connectivity index is 1.99. The van der Waals surface area contributed by atoms with Gasteiger partial charge in [0.15, 0.2) is 5.11 Å². The molecule has 0 fully saturated rings. The topological polar surface area (TPSA) is 77.7 Å². The fraction of sp³-hybridized carbons (Fsp3) is 0.357. The first kappa shape index (κ1) is 15.2. The molecule has 4 N–H and O–H groups in total. The summed E-state index contributed by atoms with van der Waals surface area (Å²) in [5.74, 6) is 1.80. The average molecular weight is 304 g/mol. The smallest absolute Gasteiger partial charge is 0.166 e. The molecule has 112 valence electrons. The molecule has 0 bridgehead atoms. The summed E-state index contributed by atoms with van der Waals surface area (Å²) in [7, 11) is 1.80. The van der Waals surface area contributed by atoms with Crippen molar-refractivity contribution in [3.63, 3.8) is 0 Å². The van der Waals surface area contributed by atoms with Crippen molar-refractivity contribution in [2.24, 2.45) is 0 Å². The molecule has 21 heavy (non-hydrogen) atoms. The molecule has 7 heteroatoms. The van der Waals surface area contributed by atoms with E-state index in [1.807, 2.05) is 25.3 Å². The Hall–Kier alpha value is -2.15. The summed E-state index contributed by atoms with van der Waals surface area (Å²) in [6.07, 6.45) is 4.42. The number of thiocarbonyl (C=S) groups is 1. The van der Waals surface area contributed by atoms with Crippen molar-refractivity contribution in [2.45, 2.75) is 13.3 Å². The largest absolute Gasteiger partial charge is 0.370 e. The molecule has 0 amide bonds. The van der Waals surface area contributed by atoms with E-state index in [-0.39, 0.29) is 0 Å². The maximum atomic E-state index is 5.02. The van der Waals surface area contributed by atoms with Crippen LogP contribution in [0.15, 0.2) is 24.5 Å². The lowest BCUT2D eigenvalue weighted by atomic mass is 10.2. The average Bonchev–Trinajstić information content (AvgIpc) is 2.96. The van der Waals surface area contributed by atoms with Gasteiger partial charge >= 0.3 is 0 Å². The third kappa shape index (κ3) is 4.42. The van der Waals surface area contributed by atoms with Crippen LogP contribution in [-0.4, -0.2) is 40.2 Å². The molecule has 0 spiro atoms. The number of anilines is 1. The molecule has 2 heterocycles. The Bertz CT molecular complexity index is 595. The number of rotatable bonds is 6.